The molecule has 0 unspecified atom stereocenters. The Balaban J connectivity index is 1.72. The van der Waals surface area contributed by atoms with Gasteiger partial charge in [0.1, 0.15) is 6.04 Å². The van der Waals surface area contributed by atoms with Crippen LogP contribution in [0.3, 0.4) is 0 Å². The maximum Gasteiger partial charge on any atom is 0.322 e. The fourth-order valence-corrected chi connectivity index (χ4v) is 3.53. The van der Waals surface area contributed by atoms with Gasteiger partial charge in [-0.3, -0.25) is 9.69 Å². The van der Waals surface area contributed by atoms with Crippen LogP contribution in [0.25, 0.3) is 0 Å². The second kappa shape index (κ2) is 7.99. The molecule has 116 valence electrons. The monoisotopic (exact) mass is 282 g/mol. The van der Waals surface area contributed by atoms with E-state index < -0.39 is 0 Å². The number of hydrogen-bond donors (Lipinski definition) is 0. The van der Waals surface area contributed by atoms with Crippen molar-refractivity contribution in [1.29, 1.82) is 0 Å². The third kappa shape index (κ3) is 4.45. The number of esters is 1. The van der Waals surface area contributed by atoms with E-state index in [-0.39, 0.29) is 12.0 Å². The molecule has 4 nitrogen and oxygen atoms in total. The van der Waals surface area contributed by atoms with E-state index in [0.29, 0.717) is 0 Å². The predicted molar refractivity (Wildman–Crippen MR) is 80.7 cm³/mol. The molecule has 0 aromatic heterocycles. The van der Waals surface area contributed by atoms with Crippen molar-refractivity contribution in [3.8, 4) is 0 Å². The predicted octanol–water partition coefficient (Wildman–Crippen LogP) is 2.14. The summed E-state index contributed by atoms with van der Waals surface area (Å²) in [6, 6.07) is -0.0841. The number of methoxy groups -OCH3 is 1. The summed E-state index contributed by atoms with van der Waals surface area (Å²) in [5.41, 5.74) is 0. The maximum atomic E-state index is 11.6. The van der Waals surface area contributed by atoms with E-state index in [1.54, 1.807) is 0 Å². The summed E-state index contributed by atoms with van der Waals surface area (Å²) in [7, 11) is 1.48. The third-order valence-corrected chi connectivity index (χ3v) is 4.95. The Morgan fingerprint density at radius 1 is 1.10 bits per heavy atom. The molecule has 2 aliphatic rings. The molecule has 20 heavy (non-hydrogen) atoms. The smallest absolute Gasteiger partial charge is 0.322 e. The Hall–Kier alpha value is -0.610. The summed E-state index contributed by atoms with van der Waals surface area (Å²) in [4.78, 5) is 16.5. The van der Waals surface area contributed by atoms with Gasteiger partial charge in [0.25, 0.3) is 0 Å². The van der Waals surface area contributed by atoms with Crippen LogP contribution in [0.15, 0.2) is 0 Å². The zero-order chi connectivity index (χ0) is 14.4. The van der Waals surface area contributed by atoms with Gasteiger partial charge in [-0.25, -0.2) is 0 Å². The molecule has 2 rings (SSSR count). The van der Waals surface area contributed by atoms with Gasteiger partial charge in [-0.05, 0) is 64.7 Å². The fourth-order valence-electron chi connectivity index (χ4n) is 3.53. The minimum atomic E-state index is -0.101. The van der Waals surface area contributed by atoms with Crippen molar-refractivity contribution in [3.63, 3.8) is 0 Å². The summed E-state index contributed by atoms with van der Waals surface area (Å²) in [6.07, 6.45) is 8.00. The molecule has 0 aromatic carbocycles. The minimum absolute atomic E-state index is 0.0841. The van der Waals surface area contributed by atoms with E-state index >= 15 is 0 Å². The first-order chi connectivity index (χ1) is 9.70. The van der Waals surface area contributed by atoms with Gasteiger partial charge in [-0.15, -0.1) is 0 Å². The van der Waals surface area contributed by atoms with Crippen LogP contribution in [-0.4, -0.2) is 61.6 Å². The molecular weight excluding hydrogens is 252 g/mol. The molecule has 0 amide bonds. The summed E-state index contributed by atoms with van der Waals surface area (Å²) in [6.45, 7) is 7.88. The Bertz CT molecular complexity index is 293. The van der Waals surface area contributed by atoms with Crippen molar-refractivity contribution >= 4 is 5.97 Å². The normalized spacial score (nSPS) is 25.1. The zero-order valence-corrected chi connectivity index (χ0v) is 13.1. The number of rotatable bonds is 4. The maximum absolute atomic E-state index is 11.6. The van der Waals surface area contributed by atoms with Crippen molar-refractivity contribution < 1.29 is 9.53 Å². The molecule has 2 saturated heterocycles. The topological polar surface area (TPSA) is 32.8 Å². The van der Waals surface area contributed by atoms with Crippen molar-refractivity contribution in [2.45, 2.75) is 51.5 Å². The first-order valence-corrected chi connectivity index (χ1v) is 8.25. The van der Waals surface area contributed by atoms with Gasteiger partial charge in [0.2, 0.25) is 0 Å². The van der Waals surface area contributed by atoms with Crippen molar-refractivity contribution in [1.82, 2.24) is 9.80 Å². The third-order valence-electron chi connectivity index (χ3n) is 4.95. The second-order valence-electron chi connectivity index (χ2n) is 6.39. The first-order valence-electron chi connectivity index (χ1n) is 8.25. The quantitative estimate of drug-likeness (QED) is 0.740. The van der Waals surface area contributed by atoms with Crippen LogP contribution in [0.5, 0.6) is 0 Å². The van der Waals surface area contributed by atoms with E-state index in [1.807, 2.05) is 6.92 Å². The highest BCUT2D eigenvalue weighted by atomic mass is 16.5. The number of hydrogen-bond acceptors (Lipinski definition) is 4. The van der Waals surface area contributed by atoms with Crippen molar-refractivity contribution in [2.24, 2.45) is 5.92 Å². The average molecular weight is 282 g/mol. The van der Waals surface area contributed by atoms with Crippen LogP contribution in [-0.2, 0) is 9.53 Å². The lowest BCUT2D eigenvalue weighted by molar-refractivity contribution is -0.146. The van der Waals surface area contributed by atoms with E-state index in [2.05, 4.69) is 9.80 Å². The molecule has 0 radical (unpaired) electrons. The van der Waals surface area contributed by atoms with Crippen LogP contribution >= 0.6 is 0 Å². The van der Waals surface area contributed by atoms with Gasteiger partial charge >= 0.3 is 5.97 Å². The number of ether oxygens (including phenoxy) is 1. The molecule has 0 bridgehead atoms. The lowest BCUT2D eigenvalue weighted by Crippen LogP contribution is -2.46. The number of likely N-dealkylation sites (tertiary alicyclic amines) is 2. The highest BCUT2D eigenvalue weighted by molar-refractivity contribution is 5.75. The Kier molecular flexibility index (Phi) is 6.30. The molecule has 0 aromatic rings. The first kappa shape index (κ1) is 15.8. The van der Waals surface area contributed by atoms with Gasteiger partial charge in [0.05, 0.1) is 7.11 Å². The standard InChI is InChI=1S/C16H30N2O2/c1-14(16(19)20-2)18-11-7-15(8-12-18)13-17-9-5-3-4-6-10-17/h14-15H,3-13H2,1-2H3/t14-/m1/s1. The van der Waals surface area contributed by atoms with Crippen molar-refractivity contribution in [2.75, 3.05) is 39.8 Å². The van der Waals surface area contributed by atoms with Gasteiger partial charge in [0, 0.05) is 6.54 Å². The highest BCUT2D eigenvalue weighted by Gasteiger charge is 2.27. The average Bonchev–Trinajstić information content (AvgIpc) is 2.75. The van der Waals surface area contributed by atoms with Crippen LogP contribution in [0.1, 0.15) is 45.4 Å². The number of carbonyl (C=O) groups is 1. The fraction of sp³-hybridized carbons (Fsp3) is 0.938. The summed E-state index contributed by atoms with van der Waals surface area (Å²) in [5, 5.41) is 0. The highest BCUT2D eigenvalue weighted by Crippen LogP contribution is 2.21. The van der Waals surface area contributed by atoms with Gasteiger partial charge in [-0.1, -0.05) is 12.8 Å². The van der Waals surface area contributed by atoms with E-state index in [4.69, 9.17) is 4.74 Å². The van der Waals surface area contributed by atoms with Crippen LogP contribution in [0.2, 0.25) is 0 Å². The Morgan fingerprint density at radius 3 is 2.25 bits per heavy atom. The molecule has 0 aliphatic carbocycles. The Labute approximate surface area is 123 Å². The SMILES string of the molecule is COC(=O)[C@@H](C)N1CCC(CN2CCCCCC2)CC1. The molecule has 0 spiro atoms. The minimum Gasteiger partial charge on any atom is -0.468 e. The van der Waals surface area contributed by atoms with Crippen LogP contribution < -0.4 is 0 Å². The Morgan fingerprint density at radius 2 is 1.70 bits per heavy atom. The number of carbonyl (C=O) groups excluding carboxylic acids is 1. The largest absolute Gasteiger partial charge is 0.468 e. The van der Waals surface area contributed by atoms with Crippen molar-refractivity contribution in [3.05, 3.63) is 0 Å². The lowest BCUT2D eigenvalue weighted by atomic mass is 9.95. The summed E-state index contributed by atoms with van der Waals surface area (Å²) in [5.74, 6) is 0.713. The molecular formula is C16H30N2O2. The lowest BCUT2D eigenvalue weighted by Gasteiger charge is -2.36. The van der Waals surface area contributed by atoms with E-state index in [0.717, 1.165) is 19.0 Å². The second-order valence-corrected chi connectivity index (χ2v) is 6.39. The van der Waals surface area contributed by atoms with Gasteiger partial charge < -0.3 is 9.64 Å². The van der Waals surface area contributed by atoms with Gasteiger partial charge in [0.15, 0.2) is 0 Å². The van der Waals surface area contributed by atoms with E-state index in [1.165, 1.54) is 65.3 Å². The molecule has 0 N–H and O–H groups in total. The number of nitrogens with zero attached hydrogens (tertiary/aromatic N) is 2. The summed E-state index contributed by atoms with van der Waals surface area (Å²) < 4.78 is 4.84. The molecule has 1 atom stereocenters. The molecule has 2 fully saturated rings. The molecule has 2 aliphatic heterocycles. The molecule has 0 saturated carbocycles. The van der Waals surface area contributed by atoms with Gasteiger partial charge in [-0.2, -0.15) is 0 Å². The molecule has 2 heterocycles. The van der Waals surface area contributed by atoms with Crippen LogP contribution in [0.4, 0.5) is 0 Å². The zero-order valence-electron chi connectivity index (χ0n) is 13.1. The molecule has 4 heteroatoms. The van der Waals surface area contributed by atoms with Crippen LogP contribution in [0, 0.1) is 5.92 Å². The number of piperidine rings is 1. The summed E-state index contributed by atoms with van der Waals surface area (Å²) >= 11 is 0. The van der Waals surface area contributed by atoms with E-state index in [9.17, 15) is 4.79 Å².